The Hall–Kier alpha value is -3.31. The summed E-state index contributed by atoms with van der Waals surface area (Å²) >= 11 is 2.96. The van der Waals surface area contributed by atoms with Crippen molar-refractivity contribution in [3.05, 3.63) is 91.9 Å². The van der Waals surface area contributed by atoms with Crippen LogP contribution in [0.15, 0.2) is 71.6 Å². The Morgan fingerprint density at radius 1 is 1.08 bits per heavy atom. The lowest BCUT2D eigenvalue weighted by Crippen LogP contribution is -2.36. The van der Waals surface area contributed by atoms with Crippen LogP contribution in [0.3, 0.4) is 0 Å². The van der Waals surface area contributed by atoms with E-state index in [4.69, 9.17) is 9.47 Å². The van der Waals surface area contributed by atoms with Crippen LogP contribution < -0.4 is 14.8 Å². The van der Waals surface area contributed by atoms with E-state index in [1.807, 2.05) is 60.7 Å². The minimum Gasteiger partial charge on any atom is -0.493 e. The number of halogens is 1. The summed E-state index contributed by atoms with van der Waals surface area (Å²) in [7, 11) is 1.55. The topological polar surface area (TPSA) is 84.9 Å². The predicted octanol–water partition coefficient (Wildman–Crippen LogP) is 6.68. The number of imide groups is 1. The van der Waals surface area contributed by atoms with E-state index in [0.29, 0.717) is 35.3 Å². The van der Waals surface area contributed by atoms with Crippen molar-refractivity contribution in [2.75, 3.05) is 19.0 Å². The Kier molecular flexibility index (Phi) is 9.11. The van der Waals surface area contributed by atoms with Crippen LogP contribution in [0.4, 0.5) is 10.5 Å². The molecule has 3 aromatic carbocycles. The van der Waals surface area contributed by atoms with Gasteiger partial charge in [0, 0.05) is 5.69 Å². The van der Waals surface area contributed by atoms with Crippen LogP contribution in [0.2, 0.25) is 0 Å². The van der Waals surface area contributed by atoms with E-state index in [-0.39, 0.29) is 11.4 Å². The average Bonchev–Trinajstić information content (AvgIpc) is 3.15. The van der Waals surface area contributed by atoms with Crippen LogP contribution in [0, 0.1) is 3.57 Å². The number of benzene rings is 3. The summed E-state index contributed by atoms with van der Waals surface area (Å²) in [5.74, 6) is 0.537. The Bertz CT molecular complexity index is 1370. The Morgan fingerprint density at radius 3 is 2.45 bits per heavy atom. The van der Waals surface area contributed by atoms with Crippen molar-refractivity contribution >= 4 is 63.2 Å². The molecule has 196 valence electrons. The third-order valence-electron chi connectivity index (χ3n) is 5.81. The summed E-state index contributed by atoms with van der Waals surface area (Å²) in [5, 5.41) is 2.26. The summed E-state index contributed by atoms with van der Waals surface area (Å²) in [6.45, 7) is 4.20. The van der Waals surface area contributed by atoms with Crippen molar-refractivity contribution < 1.29 is 23.9 Å². The molecular formula is C29H27IN2O5S. The molecule has 0 atom stereocenters. The third kappa shape index (κ3) is 6.76. The van der Waals surface area contributed by atoms with Crippen LogP contribution >= 0.6 is 34.4 Å². The van der Waals surface area contributed by atoms with Gasteiger partial charge >= 0.3 is 0 Å². The lowest BCUT2D eigenvalue weighted by Gasteiger charge is -2.14. The largest absolute Gasteiger partial charge is 0.493 e. The molecule has 1 aliphatic heterocycles. The lowest BCUT2D eigenvalue weighted by atomic mass is 10.0. The number of hydrogen-bond donors (Lipinski definition) is 1. The summed E-state index contributed by atoms with van der Waals surface area (Å²) in [4.78, 5) is 39.3. The predicted molar refractivity (Wildman–Crippen MR) is 158 cm³/mol. The molecule has 3 amide bonds. The fourth-order valence-corrected chi connectivity index (χ4v) is 5.40. The first-order chi connectivity index (χ1) is 18.2. The van der Waals surface area contributed by atoms with Gasteiger partial charge in [-0.25, -0.2) is 0 Å². The van der Waals surface area contributed by atoms with E-state index in [1.54, 1.807) is 19.3 Å². The molecule has 38 heavy (non-hydrogen) atoms. The van der Waals surface area contributed by atoms with E-state index in [1.165, 1.54) is 0 Å². The highest BCUT2D eigenvalue weighted by Crippen LogP contribution is 2.37. The van der Waals surface area contributed by atoms with Crippen LogP contribution in [-0.4, -0.2) is 35.6 Å². The standard InChI is InChI=1S/C29H27IN2O5S/c1-18(2)21-9-11-22(12-10-21)31-26(33)16-32-28(34)25(38-29(32)35)15-20-13-23(30)27(24(14-20)36-3)37-17-19-7-5-4-6-8-19/h4-15,18H,16-17H2,1-3H3,(H,31,33)/b25-15+. The van der Waals surface area contributed by atoms with Crippen LogP contribution in [-0.2, 0) is 16.2 Å². The van der Waals surface area contributed by atoms with E-state index in [0.717, 1.165) is 31.4 Å². The smallest absolute Gasteiger partial charge is 0.294 e. The first-order valence-corrected chi connectivity index (χ1v) is 13.8. The Balaban J connectivity index is 1.44. The first kappa shape index (κ1) is 27.7. The molecule has 1 fully saturated rings. The fourth-order valence-electron chi connectivity index (χ4n) is 3.78. The Morgan fingerprint density at radius 2 is 1.79 bits per heavy atom. The van der Waals surface area contributed by atoms with E-state index in [2.05, 4.69) is 41.8 Å². The molecule has 1 N–H and O–H groups in total. The number of nitrogens with zero attached hydrogens (tertiary/aromatic N) is 1. The second-order valence-corrected chi connectivity index (χ2v) is 11.1. The lowest BCUT2D eigenvalue weighted by molar-refractivity contribution is -0.127. The van der Waals surface area contributed by atoms with Gasteiger partial charge in [-0.05, 0) is 87.3 Å². The van der Waals surface area contributed by atoms with Crippen molar-refractivity contribution in [3.8, 4) is 11.5 Å². The maximum atomic E-state index is 13.0. The summed E-state index contributed by atoms with van der Waals surface area (Å²) in [5.41, 5.74) is 3.47. The highest BCUT2D eigenvalue weighted by atomic mass is 127. The minimum absolute atomic E-state index is 0.236. The van der Waals surface area contributed by atoms with Crippen molar-refractivity contribution in [3.63, 3.8) is 0 Å². The zero-order chi connectivity index (χ0) is 27.2. The van der Waals surface area contributed by atoms with Crippen LogP contribution in [0.5, 0.6) is 11.5 Å². The van der Waals surface area contributed by atoms with Crippen LogP contribution in [0.1, 0.15) is 36.5 Å². The maximum absolute atomic E-state index is 13.0. The molecule has 0 radical (unpaired) electrons. The van der Waals surface area contributed by atoms with Gasteiger partial charge in [-0.15, -0.1) is 0 Å². The van der Waals surface area contributed by atoms with Crippen molar-refractivity contribution in [2.45, 2.75) is 26.4 Å². The molecule has 9 heteroatoms. The summed E-state index contributed by atoms with van der Waals surface area (Å²) in [6, 6.07) is 20.9. The minimum atomic E-state index is -0.510. The molecule has 1 saturated heterocycles. The zero-order valence-electron chi connectivity index (χ0n) is 21.2. The zero-order valence-corrected chi connectivity index (χ0v) is 24.2. The van der Waals surface area contributed by atoms with Gasteiger partial charge in [0.15, 0.2) is 11.5 Å². The number of carbonyl (C=O) groups is 3. The van der Waals surface area contributed by atoms with E-state index >= 15 is 0 Å². The highest BCUT2D eigenvalue weighted by molar-refractivity contribution is 14.1. The number of ether oxygens (including phenoxy) is 2. The van der Waals surface area contributed by atoms with Gasteiger partial charge in [-0.1, -0.05) is 56.3 Å². The number of amides is 3. The van der Waals surface area contributed by atoms with Crippen molar-refractivity contribution in [1.29, 1.82) is 0 Å². The molecule has 4 rings (SSSR count). The molecule has 0 spiro atoms. The van der Waals surface area contributed by atoms with Gasteiger partial charge in [-0.2, -0.15) is 0 Å². The van der Waals surface area contributed by atoms with Gasteiger partial charge in [0.05, 0.1) is 15.6 Å². The van der Waals surface area contributed by atoms with E-state index in [9.17, 15) is 14.4 Å². The molecule has 7 nitrogen and oxygen atoms in total. The molecule has 1 heterocycles. The molecule has 3 aromatic rings. The van der Waals surface area contributed by atoms with Crippen LogP contribution in [0.25, 0.3) is 6.08 Å². The molecule has 0 unspecified atom stereocenters. The van der Waals surface area contributed by atoms with Gasteiger partial charge in [0.25, 0.3) is 11.1 Å². The monoisotopic (exact) mass is 642 g/mol. The van der Waals surface area contributed by atoms with E-state index < -0.39 is 17.1 Å². The Labute approximate surface area is 239 Å². The van der Waals surface area contributed by atoms with Crippen molar-refractivity contribution in [1.82, 2.24) is 4.90 Å². The van der Waals surface area contributed by atoms with Gasteiger partial charge in [0.2, 0.25) is 5.91 Å². The second kappa shape index (κ2) is 12.5. The average molecular weight is 643 g/mol. The quantitative estimate of drug-likeness (QED) is 0.207. The van der Waals surface area contributed by atoms with Gasteiger partial charge < -0.3 is 14.8 Å². The number of anilines is 1. The second-order valence-electron chi connectivity index (χ2n) is 8.90. The van der Waals surface area contributed by atoms with Crippen molar-refractivity contribution in [2.24, 2.45) is 0 Å². The molecule has 0 aromatic heterocycles. The third-order valence-corrected chi connectivity index (χ3v) is 7.52. The number of nitrogens with one attached hydrogen (secondary N) is 1. The molecule has 1 aliphatic rings. The fraction of sp³-hybridized carbons (Fsp3) is 0.207. The summed E-state index contributed by atoms with van der Waals surface area (Å²) < 4.78 is 12.3. The maximum Gasteiger partial charge on any atom is 0.294 e. The number of rotatable bonds is 9. The SMILES string of the molecule is COc1cc(/C=C2/SC(=O)N(CC(=O)Nc3ccc(C(C)C)cc3)C2=O)cc(I)c1OCc1ccccc1. The first-order valence-electron chi connectivity index (χ1n) is 11.9. The highest BCUT2D eigenvalue weighted by Gasteiger charge is 2.36. The molecule has 0 bridgehead atoms. The molecular weight excluding hydrogens is 615 g/mol. The number of carbonyl (C=O) groups excluding carboxylic acids is 3. The summed E-state index contributed by atoms with van der Waals surface area (Å²) in [6.07, 6.45) is 1.62. The normalized spacial score (nSPS) is 14.3. The number of hydrogen-bond acceptors (Lipinski definition) is 6. The molecule has 0 saturated carbocycles. The molecule has 0 aliphatic carbocycles. The van der Waals surface area contributed by atoms with Gasteiger partial charge in [0.1, 0.15) is 13.2 Å². The number of thioether (sulfide) groups is 1. The van der Waals surface area contributed by atoms with Gasteiger partial charge in [-0.3, -0.25) is 19.3 Å². The number of methoxy groups -OCH3 is 1.